The Kier molecular flexibility index (Phi) is 5.03. The van der Waals surface area contributed by atoms with Crippen LogP contribution in [0.25, 0.3) is 0 Å². The van der Waals surface area contributed by atoms with Gasteiger partial charge in [-0.2, -0.15) is 0 Å². The van der Waals surface area contributed by atoms with Crippen LogP contribution < -0.4 is 11.3 Å². The molecular formula is C15H16BrF2N3. The number of benzene rings is 1. The summed E-state index contributed by atoms with van der Waals surface area (Å²) in [4.78, 5) is 4.28. The molecule has 0 amide bonds. The zero-order chi connectivity index (χ0) is 15.6. The minimum absolute atomic E-state index is 0.000515. The number of rotatable bonds is 4. The first kappa shape index (κ1) is 16.0. The monoisotopic (exact) mass is 355 g/mol. The zero-order valence-corrected chi connectivity index (χ0v) is 13.3. The van der Waals surface area contributed by atoms with Crippen LogP contribution in [0.1, 0.15) is 28.6 Å². The smallest absolute Gasteiger partial charge is 0.143 e. The van der Waals surface area contributed by atoms with Crippen molar-refractivity contribution < 1.29 is 8.78 Å². The number of nitrogens with one attached hydrogen (secondary N) is 1. The van der Waals surface area contributed by atoms with Gasteiger partial charge in [0.05, 0.1) is 10.5 Å². The minimum atomic E-state index is -0.599. The maximum Gasteiger partial charge on any atom is 0.143 e. The van der Waals surface area contributed by atoms with E-state index < -0.39 is 17.7 Å². The number of nitrogens with zero attached hydrogens (tertiary/aromatic N) is 1. The molecule has 0 saturated carbocycles. The highest BCUT2D eigenvalue weighted by Gasteiger charge is 2.19. The third-order valence-electron chi connectivity index (χ3n) is 3.25. The van der Waals surface area contributed by atoms with Gasteiger partial charge in [-0.25, -0.2) is 8.78 Å². The molecule has 1 unspecified atom stereocenters. The predicted octanol–water partition coefficient (Wildman–Crippen LogP) is 3.49. The molecule has 0 aliphatic carbocycles. The molecule has 0 aliphatic rings. The van der Waals surface area contributed by atoms with Crippen LogP contribution in [0.15, 0.2) is 28.7 Å². The van der Waals surface area contributed by atoms with Crippen molar-refractivity contribution in [2.75, 3.05) is 0 Å². The average molecular weight is 356 g/mol. The van der Waals surface area contributed by atoms with E-state index in [2.05, 4.69) is 26.3 Å². The Morgan fingerprint density at radius 2 is 1.86 bits per heavy atom. The average Bonchev–Trinajstić information content (AvgIpc) is 2.42. The van der Waals surface area contributed by atoms with Crippen LogP contribution in [0.4, 0.5) is 8.78 Å². The van der Waals surface area contributed by atoms with E-state index in [0.717, 1.165) is 17.0 Å². The van der Waals surface area contributed by atoms with Gasteiger partial charge >= 0.3 is 0 Å². The molecule has 1 aromatic carbocycles. The molecule has 1 heterocycles. The van der Waals surface area contributed by atoms with Crippen molar-refractivity contribution in [1.29, 1.82) is 0 Å². The van der Waals surface area contributed by atoms with Crippen LogP contribution in [0.3, 0.4) is 0 Å². The van der Waals surface area contributed by atoms with Gasteiger partial charge in [-0.05, 0) is 66.0 Å². The van der Waals surface area contributed by atoms with Crippen molar-refractivity contribution >= 4 is 15.9 Å². The van der Waals surface area contributed by atoms with Crippen LogP contribution in [-0.2, 0) is 6.42 Å². The van der Waals surface area contributed by atoms with E-state index in [-0.39, 0.29) is 16.5 Å². The lowest BCUT2D eigenvalue weighted by molar-refractivity contribution is 0.497. The van der Waals surface area contributed by atoms with E-state index in [9.17, 15) is 8.78 Å². The first-order valence-corrected chi connectivity index (χ1v) is 7.25. The van der Waals surface area contributed by atoms with Gasteiger partial charge in [0.25, 0.3) is 0 Å². The number of pyridine rings is 1. The Labute approximate surface area is 130 Å². The second-order valence-electron chi connectivity index (χ2n) is 4.93. The molecule has 0 bridgehead atoms. The Balaban J connectivity index is 2.38. The molecule has 1 atom stereocenters. The molecule has 0 aliphatic heterocycles. The van der Waals surface area contributed by atoms with E-state index in [4.69, 9.17) is 5.84 Å². The fraction of sp³-hybridized carbons (Fsp3) is 0.267. The largest absolute Gasteiger partial charge is 0.271 e. The van der Waals surface area contributed by atoms with Gasteiger partial charge in [0.2, 0.25) is 0 Å². The van der Waals surface area contributed by atoms with Crippen LogP contribution in [0.5, 0.6) is 0 Å². The number of aryl methyl sites for hydroxylation is 2. The molecule has 2 rings (SSSR count). The first-order chi connectivity index (χ1) is 9.92. The summed E-state index contributed by atoms with van der Waals surface area (Å²) in [5.41, 5.74) is 5.13. The molecule has 21 heavy (non-hydrogen) atoms. The van der Waals surface area contributed by atoms with Crippen LogP contribution in [0, 0.1) is 25.5 Å². The highest BCUT2D eigenvalue weighted by Crippen LogP contribution is 2.26. The maximum atomic E-state index is 14.1. The summed E-state index contributed by atoms with van der Waals surface area (Å²) < 4.78 is 28.2. The molecule has 6 heteroatoms. The molecule has 0 saturated heterocycles. The second kappa shape index (κ2) is 6.60. The van der Waals surface area contributed by atoms with Gasteiger partial charge in [-0.1, -0.05) is 0 Å². The number of hydrazine groups is 1. The minimum Gasteiger partial charge on any atom is -0.271 e. The Morgan fingerprint density at radius 1 is 1.24 bits per heavy atom. The molecule has 112 valence electrons. The van der Waals surface area contributed by atoms with Gasteiger partial charge in [-0.15, -0.1) is 0 Å². The van der Waals surface area contributed by atoms with Gasteiger partial charge in [-0.3, -0.25) is 16.3 Å². The molecule has 0 radical (unpaired) electrons. The van der Waals surface area contributed by atoms with Crippen molar-refractivity contribution in [1.82, 2.24) is 10.4 Å². The van der Waals surface area contributed by atoms with Gasteiger partial charge in [0, 0.05) is 17.0 Å². The lowest BCUT2D eigenvalue weighted by Gasteiger charge is -2.18. The Morgan fingerprint density at radius 3 is 2.43 bits per heavy atom. The summed E-state index contributed by atoms with van der Waals surface area (Å²) in [5.74, 6) is 4.38. The topological polar surface area (TPSA) is 50.9 Å². The molecule has 3 nitrogen and oxygen atoms in total. The zero-order valence-electron chi connectivity index (χ0n) is 11.8. The standard InChI is InChI=1S/C15H16BrF2N3/c1-8-5-10(6-9(2)20-8)14(21-19)7-11-13(17)4-3-12(16)15(11)18/h3-6,14,21H,7,19H2,1-2H3. The van der Waals surface area contributed by atoms with Gasteiger partial charge in [0.15, 0.2) is 0 Å². The third-order valence-corrected chi connectivity index (χ3v) is 3.87. The number of hydrogen-bond donors (Lipinski definition) is 2. The highest BCUT2D eigenvalue weighted by molar-refractivity contribution is 9.10. The summed E-state index contributed by atoms with van der Waals surface area (Å²) in [6.07, 6.45) is 0.108. The fourth-order valence-corrected chi connectivity index (χ4v) is 2.67. The SMILES string of the molecule is Cc1cc(C(Cc2c(F)ccc(Br)c2F)NN)cc(C)n1. The lowest BCUT2D eigenvalue weighted by Crippen LogP contribution is -2.30. The van der Waals surface area contributed by atoms with E-state index in [1.54, 1.807) is 0 Å². The molecule has 1 aromatic heterocycles. The summed E-state index contributed by atoms with van der Waals surface area (Å²) >= 11 is 3.07. The van der Waals surface area contributed by atoms with Crippen molar-refractivity contribution in [3.63, 3.8) is 0 Å². The number of nitrogens with two attached hydrogens (primary N) is 1. The Bertz CT molecular complexity index is 641. The number of halogens is 3. The molecular weight excluding hydrogens is 340 g/mol. The van der Waals surface area contributed by atoms with Crippen molar-refractivity contribution in [2.45, 2.75) is 26.3 Å². The summed E-state index contributed by atoms with van der Waals surface area (Å²) in [5, 5.41) is 0. The van der Waals surface area contributed by atoms with Crippen LogP contribution in [-0.4, -0.2) is 4.98 Å². The molecule has 0 spiro atoms. The van der Waals surface area contributed by atoms with Crippen molar-refractivity contribution in [3.05, 3.63) is 62.9 Å². The summed E-state index contributed by atoms with van der Waals surface area (Å²) in [6, 6.07) is 5.89. The molecule has 3 N–H and O–H groups in total. The van der Waals surface area contributed by atoms with Gasteiger partial charge in [0.1, 0.15) is 11.6 Å². The normalized spacial score (nSPS) is 12.5. The van der Waals surface area contributed by atoms with Crippen LogP contribution in [0.2, 0.25) is 0 Å². The Hall–Kier alpha value is -1.37. The maximum absolute atomic E-state index is 14.1. The van der Waals surface area contributed by atoms with Gasteiger partial charge < -0.3 is 0 Å². The van der Waals surface area contributed by atoms with E-state index >= 15 is 0 Å². The van der Waals surface area contributed by atoms with E-state index in [1.165, 1.54) is 12.1 Å². The lowest BCUT2D eigenvalue weighted by atomic mass is 9.98. The highest BCUT2D eigenvalue weighted by atomic mass is 79.9. The number of aromatic nitrogens is 1. The van der Waals surface area contributed by atoms with E-state index in [1.807, 2.05) is 26.0 Å². The van der Waals surface area contributed by atoms with E-state index in [0.29, 0.717) is 0 Å². The van der Waals surface area contributed by atoms with Crippen molar-refractivity contribution in [2.24, 2.45) is 5.84 Å². The summed E-state index contributed by atoms with van der Waals surface area (Å²) in [6.45, 7) is 3.73. The van der Waals surface area contributed by atoms with Crippen molar-refractivity contribution in [3.8, 4) is 0 Å². The first-order valence-electron chi connectivity index (χ1n) is 6.46. The molecule has 2 aromatic rings. The summed E-state index contributed by atoms with van der Waals surface area (Å²) in [7, 11) is 0. The third kappa shape index (κ3) is 3.64. The van der Waals surface area contributed by atoms with Crippen LogP contribution >= 0.6 is 15.9 Å². The fourth-order valence-electron chi connectivity index (χ4n) is 2.30. The quantitative estimate of drug-likeness (QED) is 0.501. The molecule has 0 fully saturated rings. The number of hydrogen-bond acceptors (Lipinski definition) is 3. The second-order valence-corrected chi connectivity index (χ2v) is 5.78. The predicted molar refractivity (Wildman–Crippen MR) is 81.5 cm³/mol.